The lowest BCUT2D eigenvalue weighted by Gasteiger charge is -2.25. The molecule has 0 saturated heterocycles. The Morgan fingerprint density at radius 1 is 0.692 bits per heavy atom. The Morgan fingerprint density at radius 3 is 1.65 bits per heavy atom. The molecule has 26 heavy (non-hydrogen) atoms. The number of anilines is 1. The molecule has 0 heterocycles. The molecule has 0 unspecified atom stereocenters. The molecule has 3 heteroatoms. The van der Waals surface area contributed by atoms with Gasteiger partial charge in [0, 0.05) is 30.9 Å². The highest BCUT2D eigenvalue weighted by Gasteiger charge is 2.26. The van der Waals surface area contributed by atoms with E-state index >= 15 is 0 Å². The van der Waals surface area contributed by atoms with Crippen LogP contribution in [-0.4, -0.2) is 28.0 Å². The smallest absolute Gasteiger partial charge is 0.193 e. The van der Waals surface area contributed by atoms with Gasteiger partial charge >= 0.3 is 0 Å². The lowest BCUT2D eigenvalue weighted by molar-refractivity contribution is 0.103. The summed E-state index contributed by atoms with van der Waals surface area (Å²) in [6.07, 6.45) is 0. The Labute approximate surface area is 157 Å². The third-order valence-electron chi connectivity index (χ3n) is 5.01. The standard InChI is InChI=1S/C23H25NOSi/c1-24(2)20-12-16-22(17-13-20)26(3,4)21-14-10-19(11-15-21)23(25)18-8-6-5-7-9-18/h5-17H,1-4H3. The fourth-order valence-corrected chi connectivity index (χ4v) is 5.47. The van der Waals surface area contributed by atoms with E-state index in [-0.39, 0.29) is 5.78 Å². The number of hydrogen-bond donors (Lipinski definition) is 0. The first-order valence-corrected chi connectivity index (χ1v) is 11.9. The summed E-state index contributed by atoms with van der Waals surface area (Å²) in [4.78, 5) is 14.7. The molecule has 0 bridgehead atoms. The second-order valence-corrected chi connectivity index (χ2v) is 11.7. The van der Waals surface area contributed by atoms with Crippen LogP contribution in [0, 0.1) is 0 Å². The Bertz CT molecular complexity index is 882. The minimum atomic E-state index is -1.78. The second kappa shape index (κ2) is 7.30. The summed E-state index contributed by atoms with van der Waals surface area (Å²) >= 11 is 0. The van der Waals surface area contributed by atoms with Crippen molar-refractivity contribution in [3.8, 4) is 0 Å². The molecule has 0 radical (unpaired) electrons. The molecule has 0 spiro atoms. The van der Waals surface area contributed by atoms with Crippen molar-refractivity contribution < 1.29 is 4.79 Å². The second-order valence-electron chi connectivity index (χ2n) is 7.34. The summed E-state index contributed by atoms with van der Waals surface area (Å²) in [5.41, 5.74) is 2.69. The lowest BCUT2D eigenvalue weighted by atomic mass is 10.0. The van der Waals surface area contributed by atoms with Gasteiger partial charge in [0.15, 0.2) is 5.78 Å². The van der Waals surface area contributed by atoms with Gasteiger partial charge in [0.25, 0.3) is 0 Å². The zero-order valence-corrected chi connectivity index (χ0v) is 16.9. The zero-order valence-electron chi connectivity index (χ0n) is 15.9. The van der Waals surface area contributed by atoms with E-state index in [0.29, 0.717) is 0 Å². The van der Waals surface area contributed by atoms with Crippen molar-refractivity contribution in [3.63, 3.8) is 0 Å². The van der Waals surface area contributed by atoms with Gasteiger partial charge in [-0.15, -0.1) is 0 Å². The van der Waals surface area contributed by atoms with E-state index in [0.717, 1.165) is 11.1 Å². The van der Waals surface area contributed by atoms with Crippen LogP contribution in [0.25, 0.3) is 0 Å². The molecule has 0 saturated carbocycles. The highest BCUT2D eigenvalue weighted by molar-refractivity contribution is 7.00. The number of ketones is 1. The van der Waals surface area contributed by atoms with Crippen LogP contribution in [0.1, 0.15) is 15.9 Å². The largest absolute Gasteiger partial charge is 0.378 e. The fourth-order valence-electron chi connectivity index (χ4n) is 3.14. The molecule has 0 aromatic heterocycles. The Balaban J connectivity index is 1.86. The molecule has 0 aliphatic heterocycles. The number of carbonyl (C=O) groups excluding carboxylic acids is 1. The van der Waals surface area contributed by atoms with Crippen molar-refractivity contribution in [3.05, 3.63) is 90.0 Å². The minimum Gasteiger partial charge on any atom is -0.378 e. The van der Waals surface area contributed by atoms with Crippen LogP contribution < -0.4 is 15.3 Å². The van der Waals surface area contributed by atoms with Gasteiger partial charge < -0.3 is 4.90 Å². The Kier molecular flexibility index (Phi) is 5.10. The average molecular weight is 360 g/mol. The predicted octanol–water partition coefficient (Wildman–Crippen LogP) is 3.81. The summed E-state index contributed by atoms with van der Waals surface area (Å²) in [5, 5.41) is 2.73. The van der Waals surface area contributed by atoms with Crippen LogP contribution >= 0.6 is 0 Å². The number of nitrogens with zero attached hydrogens (tertiary/aromatic N) is 1. The Morgan fingerprint density at radius 2 is 1.15 bits per heavy atom. The first-order chi connectivity index (χ1) is 12.4. The molecule has 0 aliphatic rings. The van der Waals surface area contributed by atoms with Crippen LogP contribution in [0.4, 0.5) is 5.69 Å². The normalized spacial score (nSPS) is 11.2. The van der Waals surface area contributed by atoms with E-state index in [1.165, 1.54) is 16.1 Å². The molecule has 0 aliphatic carbocycles. The van der Waals surface area contributed by atoms with Crippen LogP contribution in [-0.2, 0) is 0 Å². The monoisotopic (exact) mass is 359 g/mol. The molecule has 0 fully saturated rings. The van der Waals surface area contributed by atoms with Gasteiger partial charge in [0.05, 0.1) is 0 Å². The van der Waals surface area contributed by atoms with Gasteiger partial charge in [-0.05, 0) is 12.1 Å². The summed E-state index contributed by atoms with van der Waals surface area (Å²) in [6.45, 7) is 4.71. The maximum absolute atomic E-state index is 12.6. The number of hydrogen-bond acceptors (Lipinski definition) is 2. The van der Waals surface area contributed by atoms with Gasteiger partial charge in [0.2, 0.25) is 0 Å². The van der Waals surface area contributed by atoms with Crippen molar-refractivity contribution in [2.45, 2.75) is 13.1 Å². The van der Waals surface area contributed by atoms with Crippen molar-refractivity contribution in [2.75, 3.05) is 19.0 Å². The third kappa shape index (κ3) is 3.63. The summed E-state index contributed by atoms with van der Waals surface area (Å²) in [5.74, 6) is 0.0759. The van der Waals surface area contributed by atoms with Crippen LogP contribution in [0.3, 0.4) is 0 Å². The average Bonchev–Trinajstić information content (AvgIpc) is 2.68. The quantitative estimate of drug-likeness (QED) is 0.510. The van der Waals surface area contributed by atoms with Gasteiger partial charge in [0.1, 0.15) is 8.07 Å². The maximum Gasteiger partial charge on any atom is 0.193 e. The molecule has 0 atom stereocenters. The molecular formula is C23H25NOSi. The topological polar surface area (TPSA) is 20.3 Å². The van der Waals surface area contributed by atoms with Crippen molar-refractivity contribution >= 4 is 29.9 Å². The van der Waals surface area contributed by atoms with Crippen LogP contribution in [0.2, 0.25) is 13.1 Å². The predicted molar refractivity (Wildman–Crippen MR) is 114 cm³/mol. The van der Waals surface area contributed by atoms with Gasteiger partial charge in [-0.1, -0.05) is 90.2 Å². The van der Waals surface area contributed by atoms with Crippen molar-refractivity contribution in [1.29, 1.82) is 0 Å². The molecule has 3 aromatic rings. The highest BCUT2D eigenvalue weighted by Crippen LogP contribution is 2.13. The number of rotatable bonds is 5. The summed E-state index contributed by atoms with van der Waals surface area (Å²) in [6, 6.07) is 26.5. The first kappa shape index (κ1) is 18.1. The van der Waals surface area contributed by atoms with Crippen molar-refractivity contribution in [2.24, 2.45) is 0 Å². The van der Waals surface area contributed by atoms with Gasteiger partial charge in [-0.2, -0.15) is 0 Å². The van der Waals surface area contributed by atoms with Crippen molar-refractivity contribution in [1.82, 2.24) is 0 Å². The Hall–Kier alpha value is -2.65. The highest BCUT2D eigenvalue weighted by atomic mass is 28.3. The third-order valence-corrected chi connectivity index (χ3v) is 8.56. The van der Waals surface area contributed by atoms with E-state index in [2.05, 4.69) is 68.5 Å². The van der Waals surface area contributed by atoms with E-state index in [1.54, 1.807) is 0 Å². The molecule has 2 nitrogen and oxygen atoms in total. The molecule has 0 amide bonds. The summed E-state index contributed by atoms with van der Waals surface area (Å²) < 4.78 is 0. The van der Waals surface area contributed by atoms with Gasteiger partial charge in [-0.3, -0.25) is 4.79 Å². The maximum atomic E-state index is 12.6. The van der Waals surface area contributed by atoms with E-state index in [4.69, 9.17) is 0 Å². The van der Waals surface area contributed by atoms with Gasteiger partial charge in [-0.25, -0.2) is 0 Å². The zero-order chi connectivity index (χ0) is 18.7. The first-order valence-electron chi connectivity index (χ1n) is 8.88. The SMILES string of the molecule is CN(C)c1ccc([Si](C)(C)c2ccc(C(=O)c3ccccc3)cc2)cc1. The lowest BCUT2D eigenvalue weighted by Crippen LogP contribution is -2.52. The number of benzene rings is 3. The van der Waals surface area contributed by atoms with E-state index < -0.39 is 8.07 Å². The molecule has 3 aromatic carbocycles. The number of carbonyl (C=O) groups is 1. The molecule has 132 valence electrons. The van der Waals surface area contributed by atoms with E-state index in [9.17, 15) is 4.79 Å². The van der Waals surface area contributed by atoms with Crippen LogP contribution in [0.15, 0.2) is 78.9 Å². The van der Waals surface area contributed by atoms with E-state index in [1.807, 2.05) is 42.5 Å². The molecule has 0 N–H and O–H groups in total. The molecule has 3 rings (SSSR count). The minimum absolute atomic E-state index is 0.0759. The summed E-state index contributed by atoms with van der Waals surface area (Å²) in [7, 11) is 2.33. The molecular weight excluding hydrogens is 334 g/mol. The fraction of sp³-hybridized carbons (Fsp3) is 0.174. The van der Waals surface area contributed by atoms with Crippen LogP contribution in [0.5, 0.6) is 0 Å².